The third kappa shape index (κ3) is 5.13. The molecule has 0 aliphatic rings. The van der Waals surface area contributed by atoms with Crippen molar-refractivity contribution in [2.45, 2.75) is 11.5 Å². The molecule has 2 aromatic rings. The van der Waals surface area contributed by atoms with E-state index >= 15 is 0 Å². The molecule has 0 aliphatic carbocycles. The predicted octanol–water partition coefficient (Wildman–Crippen LogP) is 4.15. The first-order valence-electron chi connectivity index (χ1n) is 6.43. The number of sulfone groups is 1. The Bertz CT molecular complexity index is 817. The number of nitrogens with one attached hydrogen (secondary N) is 1. The molecule has 0 saturated heterocycles. The molecule has 0 aromatic heterocycles. The molecule has 0 saturated carbocycles. The predicted molar refractivity (Wildman–Crippen MR) is 89.8 cm³/mol. The SMILES string of the molecule is CS(=O)(=O)c1ccccc1COC(=O)Nc1cc(Cl)cc(Cl)c1. The van der Waals surface area contributed by atoms with Crippen molar-refractivity contribution in [3.63, 3.8) is 0 Å². The van der Waals surface area contributed by atoms with Gasteiger partial charge in [-0.15, -0.1) is 0 Å². The van der Waals surface area contributed by atoms with Gasteiger partial charge < -0.3 is 4.74 Å². The van der Waals surface area contributed by atoms with Crippen LogP contribution in [0.2, 0.25) is 10.0 Å². The fourth-order valence-electron chi connectivity index (χ4n) is 1.91. The minimum atomic E-state index is -3.40. The lowest BCUT2D eigenvalue weighted by atomic mass is 10.2. The van der Waals surface area contributed by atoms with Crippen molar-refractivity contribution in [1.29, 1.82) is 0 Å². The highest BCUT2D eigenvalue weighted by Crippen LogP contribution is 2.23. The fraction of sp³-hybridized carbons (Fsp3) is 0.133. The van der Waals surface area contributed by atoms with Crippen LogP contribution in [0.25, 0.3) is 0 Å². The number of benzene rings is 2. The number of carbonyl (C=O) groups is 1. The first-order valence-corrected chi connectivity index (χ1v) is 9.08. The van der Waals surface area contributed by atoms with Gasteiger partial charge in [-0.05, 0) is 24.3 Å². The van der Waals surface area contributed by atoms with Crippen LogP contribution >= 0.6 is 23.2 Å². The minimum absolute atomic E-state index is 0.124. The van der Waals surface area contributed by atoms with Crippen molar-refractivity contribution >= 4 is 44.8 Å². The van der Waals surface area contributed by atoms with Gasteiger partial charge in [-0.2, -0.15) is 0 Å². The maximum atomic E-state index is 11.8. The molecule has 0 aliphatic heterocycles. The molecule has 23 heavy (non-hydrogen) atoms. The van der Waals surface area contributed by atoms with Gasteiger partial charge >= 0.3 is 6.09 Å². The second-order valence-electron chi connectivity index (χ2n) is 4.74. The van der Waals surface area contributed by atoms with Crippen molar-refractivity contribution in [3.8, 4) is 0 Å². The lowest BCUT2D eigenvalue weighted by Crippen LogP contribution is -2.14. The van der Waals surface area contributed by atoms with E-state index in [2.05, 4.69) is 5.32 Å². The first kappa shape index (κ1) is 17.6. The number of hydrogen-bond acceptors (Lipinski definition) is 4. The lowest BCUT2D eigenvalue weighted by molar-refractivity contribution is 0.154. The van der Waals surface area contributed by atoms with Gasteiger partial charge in [-0.3, -0.25) is 5.32 Å². The number of ether oxygens (including phenoxy) is 1. The second kappa shape index (κ2) is 7.21. The first-order chi connectivity index (χ1) is 10.8. The van der Waals surface area contributed by atoms with Gasteiger partial charge in [0.15, 0.2) is 9.84 Å². The van der Waals surface area contributed by atoms with E-state index in [4.69, 9.17) is 27.9 Å². The normalized spacial score (nSPS) is 11.1. The summed E-state index contributed by atoms with van der Waals surface area (Å²) >= 11 is 11.7. The number of carbonyl (C=O) groups excluding carboxylic acids is 1. The molecule has 0 atom stereocenters. The van der Waals surface area contributed by atoms with E-state index in [1.807, 2.05) is 0 Å². The molecule has 1 N–H and O–H groups in total. The molecule has 0 heterocycles. The molecule has 0 spiro atoms. The third-order valence-electron chi connectivity index (χ3n) is 2.84. The molecule has 2 rings (SSSR count). The summed E-state index contributed by atoms with van der Waals surface area (Å²) < 4.78 is 28.4. The Kier molecular flexibility index (Phi) is 5.51. The zero-order chi connectivity index (χ0) is 17.0. The largest absolute Gasteiger partial charge is 0.444 e. The van der Waals surface area contributed by atoms with Gasteiger partial charge in [-0.25, -0.2) is 13.2 Å². The van der Waals surface area contributed by atoms with Crippen LogP contribution in [0.4, 0.5) is 10.5 Å². The summed E-state index contributed by atoms with van der Waals surface area (Å²) in [6, 6.07) is 10.9. The van der Waals surface area contributed by atoms with E-state index < -0.39 is 15.9 Å². The molecule has 5 nitrogen and oxygen atoms in total. The molecule has 0 fully saturated rings. The zero-order valence-electron chi connectivity index (χ0n) is 12.0. The van der Waals surface area contributed by atoms with Crippen molar-refractivity contribution in [3.05, 3.63) is 58.1 Å². The average Bonchev–Trinajstić information content (AvgIpc) is 2.43. The van der Waals surface area contributed by atoms with Crippen molar-refractivity contribution in [2.24, 2.45) is 0 Å². The molecule has 0 unspecified atom stereocenters. The van der Waals surface area contributed by atoms with Crippen molar-refractivity contribution in [2.75, 3.05) is 11.6 Å². The third-order valence-corrected chi connectivity index (χ3v) is 4.47. The summed E-state index contributed by atoms with van der Waals surface area (Å²) in [6.45, 7) is -0.177. The van der Waals surface area contributed by atoms with Crippen LogP contribution in [0.3, 0.4) is 0 Å². The summed E-state index contributed by atoms with van der Waals surface area (Å²) in [6.07, 6.45) is 0.353. The highest BCUT2D eigenvalue weighted by Gasteiger charge is 2.14. The monoisotopic (exact) mass is 373 g/mol. The van der Waals surface area contributed by atoms with Crippen LogP contribution in [-0.4, -0.2) is 20.8 Å². The van der Waals surface area contributed by atoms with E-state index in [1.54, 1.807) is 18.2 Å². The summed E-state index contributed by atoms with van der Waals surface area (Å²) in [7, 11) is -3.40. The molecule has 0 radical (unpaired) electrons. The quantitative estimate of drug-likeness (QED) is 0.873. The van der Waals surface area contributed by atoms with Crippen LogP contribution in [0.15, 0.2) is 47.4 Å². The number of rotatable bonds is 4. The summed E-state index contributed by atoms with van der Waals surface area (Å²) in [5.74, 6) is 0. The number of anilines is 1. The molecule has 0 bridgehead atoms. The maximum Gasteiger partial charge on any atom is 0.411 e. The van der Waals surface area contributed by atoms with Crippen LogP contribution in [-0.2, 0) is 21.2 Å². The van der Waals surface area contributed by atoms with E-state index in [9.17, 15) is 13.2 Å². The Balaban J connectivity index is 2.05. The minimum Gasteiger partial charge on any atom is -0.444 e. The highest BCUT2D eigenvalue weighted by molar-refractivity contribution is 7.90. The Morgan fingerprint density at radius 2 is 1.74 bits per heavy atom. The molecular weight excluding hydrogens is 361 g/mol. The van der Waals surface area contributed by atoms with E-state index in [0.717, 1.165) is 6.26 Å². The number of amides is 1. The second-order valence-corrected chi connectivity index (χ2v) is 7.60. The lowest BCUT2D eigenvalue weighted by Gasteiger charge is -2.10. The molecule has 2 aromatic carbocycles. The standard InChI is InChI=1S/C15H13Cl2NO4S/c1-23(20,21)14-5-3-2-4-10(14)9-22-15(19)18-13-7-11(16)6-12(17)8-13/h2-8H,9H2,1H3,(H,18,19). The molecule has 1 amide bonds. The number of halogens is 2. The van der Waals surface area contributed by atoms with Crippen LogP contribution in [0.1, 0.15) is 5.56 Å². The maximum absolute atomic E-state index is 11.8. The van der Waals surface area contributed by atoms with Crippen LogP contribution < -0.4 is 5.32 Å². The van der Waals surface area contributed by atoms with Crippen molar-refractivity contribution < 1.29 is 17.9 Å². The Morgan fingerprint density at radius 3 is 2.35 bits per heavy atom. The number of hydrogen-bond donors (Lipinski definition) is 1. The summed E-state index contributed by atoms with van der Waals surface area (Å²) in [5.41, 5.74) is 0.776. The average molecular weight is 374 g/mol. The van der Waals surface area contributed by atoms with Crippen molar-refractivity contribution in [1.82, 2.24) is 0 Å². The van der Waals surface area contributed by atoms with Gasteiger partial charge in [0, 0.05) is 27.6 Å². The van der Waals surface area contributed by atoms with Gasteiger partial charge in [0.25, 0.3) is 0 Å². The van der Waals surface area contributed by atoms with Gasteiger partial charge in [0.1, 0.15) is 6.61 Å². The van der Waals surface area contributed by atoms with Gasteiger partial charge in [-0.1, -0.05) is 41.4 Å². The van der Waals surface area contributed by atoms with E-state index in [-0.39, 0.29) is 11.5 Å². The van der Waals surface area contributed by atoms with Crippen LogP contribution in [0.5, 0.6) is 0 Å². The smallest absolute Gasteiger partial charge is 0.411 e. The van der Waals surface area contributed by atoms with Gasteiger partial charge in [0.2, 0.25) is 0 Å². The summed E-state index contributed by atoms with van der Waals surface area (Å²) in [4.78, 5) is 11.9. The van der Waals surface area contributed by atoms with Gasteiger partial charge in [0.05, 0.1) is 4.90 Å². The molecule has 122 valence electrons. The Labute approximate surface area is 144 Å². The zero-order valence-corrected chi connectivity index (χ0v) is 14.4. The van der Waals surface area contributed by atoms with Crippen LogP contribution in [0, 0.1) is 0 Å². The molecular formula is C15H13Cl2NO4S. The Morgan fingerprint density at radius 1 is 1.13 bits per heavy atom. The fourth-order valence-corrected chi connectivity index (χ4v) is 3.36. The Hall–Kier alpha value is -1.76. The topological polar surface area (TPSA) is 72.5 Å². The molecule has 8 heteroatoms. The van der Waals surface area contributed by atoms with E-state index in [0.29, 0.717) is 21.3 Å². The van der Waals surface area contributed by atoms with E-state index in [1.165, 1.54) is 24.3 Å². The highest BCUT2D eigenvalue weighted by atomic mass is 35.5. The summed E-state index contributed by atoms with van der Waals surface area (Å²) in [5, 5.41) is 3.21.